The molecule has 0 fully saturated rings. The number of rotatable bonds is 8. The van der Waals surface area contributed by atoms with Gasteiger partial charge in [0.05, 0.1) is 29.5 Å². The Morgan fingerprint density at radius 3 is 1.38 bits per heavy atom. The summed E-state index contributed by atoms with van der Waals surface area (Å²) in [4.78, 5) is 4.00. The SMILES string of the molecule is CC(C)c1cccnn1.CC(C)c1ccnnc1.CCCc1cccnc1.CCCc1cccnn1.CCc1cccnn1.CCc1ccnnc1. The lowest BCUT2D eigenvalue weighted by atomic mass is 10.1. The van der Waals surface area contributed by atoms with Crippen LogP contribution in [0.5, 0.6) is 0 Å². The van der Waals surface area contributed by atoms with Crippen molar-refractivity contribution in [2.45, 2.75) is 106 Å². The minimum Gasteiger partial charge on any atom is -0.264 e. The van der Waals surface area contributed by atoms with E-state index in [1.54, 1.807) is 49.6 Å². The molecular formula is C41H57N11. The van der Waals surface area contributed by atoms with Crippen LogP contribution in [0.1, 0.15) is 114 Å². The van der Waals surface area contributed by atoms with Gasteiger partial charge in [-0.3, -0.25) is 4.98 Å². The van der Waals surface area contributed by atoms with Gasteiger partial charge in [-0.05, 0) is 109 Å². The van der Waals surface area contributed by atoms with Crippen molar-refractivity contribution in [1.82, 2.24) is 56.0 Å². The molecule has 0 bridgehead atoms. The zero-order chi connectivity index (χ0) is 38.1. The molecule has 0 radical (unpaired) electrons. The topological polar surface area (TPSA) is 142 Å². The molecule has 11 heteroatoms. The van der Waals surface area contributed by atoms with Gasteiger partial charge in [0.2, 0.25) is 0 Å². The van der Waals surface area contributed by atoms with E-state index in [4.69, 9.17) is 0 Å². The van der Waals surface area contributed by atoms with Crippen LogP contribution in [0, 0.1) is 0 Å². The van der Waals surface area contributed by atoms with Crippen LogP contribution in [0.25, 0.3) is 0 Å². The van der Waals surface area contributed by atoms with E-state index in [0.717, 1.165) is 49.2 Å². The molecule has 52 heavy (non-hydrogen) atoms. The predicted octanol–water partition coefficient (Wildman–Crippen LogP) is 8.74. The number of pyridine rings is 1. The standard InChI is InChI=1S/C8H11N.3C7H10N2.2C6H8N2/c1-2-4-8-5-3-6-9-7-8;1-6(2)7-3-4-8-9-5-7;1-6(2)7-4-3-5-8-9-7;1-2-4-7-5-3-6-8-9-7;1-2-6-3-4-7-8-5-6;1-2-6-4-3-5-7-8-6/h3,5-7H,2,4H2,1H3;2*3-6H,1-2H3;3,5-6H,2,4H2,1H3;2*3-5H,2H2,1H3. The lowest BCUT2D eigenvalue weighted by Gasteiger charge is -2.00. The first-order chi connectivity index (χ1) is 25.3. The van der Waals surface area contributed by atoms with Crippen LogP contribution in [0.3, 0.4) is 0 Å². The fourth-order valence-electron chi connectivity index (χ4n) is 3.87. The summed E-state index contributed by atoms with van der Waals surface area (Å²) in [5.41, 5.74) is 7.00. The summed E-state index contributed by atoms with van der Waals surface area (Å²) in [6, 6.07) is 19.7. The van der Waals surface area contributed by atoms with Crippen LogP contribution in [-0.2, 0) is 25.7 Å². The monoisotopic (exact) mass is 703 g/mol. The van der Waals surface area contributed by atoms with Gasteiger partial charge in [0.25, 0.3) is 0 Å². The molecule has 6 rings (SSSR count). The molecule has 0 N–H and O–H groups in total. The molecule has 0 aliphatic heterocycles. The summed E-state index contributed by atoms with van der Waals surface area (Å²) in [6.45, 7) is 16.9. The summed E-state index contributed by atoms with van der Waals surface area (Å²) in [6.07, 6.45) is 22.3. The van der Waals surface area contributed by atoms with E-state index >= 15 is 0 Å². The normalized spacial score (nSPS) is 9.58. The molecule has 6 aromatic rings. The number of aromatic nitrogens is 11. The molecule has 0 saturated carbocycles. The molecule has 0 aromatic carbocycles. The Morgan fingerprint density at radius 1 is 0.442 bits per heavy atom. The maximum Gasteiger partial charge on any atom is 0.0656 e. The number of hydrogen-bond acceptors (Lipinski definition) is 11. The molecule has 0 amide bonds. The Labute approximate surface area is 311 Å². The van der Waals surface area contributed by atoms with E-state index in [2.05, 4.69) is 117 Å². The Bertz CT molecular complexity index is 1470. The molecule has 276 valence electrons. The highest BCUT2D eigenvalue weighted by molar-refractivity contribution is 5.10. The Hall–Kier alpha value is -5.45. The highest BCUT2D eigenvalue weighted by Gasteiger charge is 1.97. The van der Waals surface area contributed by atoms with Crippen molar-refractivity contribution >= 4 is 0 Å². The van der Waals surface area contributed by atoms with Gasteiger partial charge >= 0.3 is 0 Å². The molecule has 11 nitrogen and oxygen atoms in total. The fraction of sp³-hybridized carbons (Fsp3) is 0.390. The van der Waals surface area contributed by atoms with Gasteiger partial charge in [-0.25, -0.2) is 0 Å². The Morgan fingerprint density at radius 2 is 1.04 bits per heavy atom. The lowest BCUT2D eigenvalue weighted by molar-refractivity contribution is 0.785. The van der Waals surface area contributed by atoms with Crippen molar-refractivity contribution < 1.29 is 0 Å². The van der Waals surface area contributed by atoms with Crippen molar-refractivity contribution in [3.05, 3.63) is 150 Å². The summed E-state index contributed by atoms with van der Waals surface area (Å²) < 4.78 is 0. The summed E-state index contributed by atoms with van der Waals surface area (Å²) in [7, 11) is 0. The molecule has 6 heterocycles. The van der Waals surface area contributed by atoms with E-state index in [9.17, 15) is 0 Å². The first-order valence-electron chi connectivity index (χ1n) is 18.1. The van der Waals surface area contributed by atoms with Crippen LogP contribution < -0.4 is 0 Å². The first kappa shape index (κ1) is 44.6. The van der Waals surface area contributed by atoms with Crippen LogP contribution in [0.15, 0.2) is 116 Å². The van der Waals surface area contributed by atoms with Crippen LogP contribution in [0.2, 0.25) is 0 Å². The zero-order valence-corrected chi connectivity index (χ0v) is 32.3. The number of nitrogens with zero attached hydrogens (tertiary/aromatic N) is 11. The van der Waals surface area contributed by atoms with Gasteiger partial charge in [0, 0.05) is 43.4 Å². The minimum atomic E-state index is 0.485. The number of hydrogen-bond donors (Lipinski definition) is 0. The van der Waals surface area contributed by atoms with Gasteiger partial charge in [-0.2, -0.15) is 51.0 Å². The molecule has 0 aliphatic carbocycles. The lowest BCUT2D eigenvalue weighted by Crippen LogP contribution is -1.92. The van der Waals surface area contributed by atoms with E-state index in [1.807, 2.05) is 60.8 Å². The summed E-state index contributed by atoms with van der Waals surface area (Å²) in [5, 5.41) is 37.7. The van der Waals surface area contributed by atoms with Crippen LogP contribution in [0.4, 0.5) is 0 Å². The third-order valence-corrected chi connectivity index (χ3v) is 6.90. The zero-order valence-electron chi connectivity index (χ0n) is 32.3. The maximum atomic E-state index is 4.00. The second kappa shape index (κ2) is 30.4. The van der Waals surface area contributed by atoms with Crippen LogP contribution >= 0.6 is 0 Å². The molecular weight excluding hydrogens is 647 g/mol. The Balaban J connectivity index is 0.000000312. The van der Waals surface area contributed by atoms with Gasteiger partial charge < -0.3 is 0 Å². The third kappa shape index (κ3) is 23.0. The van der Waals surface area contributed by atoms with E-state index in [-0.39, 0.29) is 0 Å². The van der Waals surface area contributed by atoms with Crippen molar-refractivity contribution in [1.29, 1.82) is 0 Å². The highest BCUT2D eigenvalue weighted by Crippen LogP contribution is 2.10. The third-order valence-electron chi connectivity index (χ3n) is 6.90. The van der Waals surface area contributed by atoms with Crippen LogP contribution in [-0.4, -0.2) is 56.0 Å². The second-order valence-electron chi connectivity index (χ2n) is 11.9. The fourth-order valence-corrected chi connectivity index (χ4v) is 3.87. The largest absolute Gasteiger partial charge is 0.264 e. The van der Waals surface area contributed by atoms with Crippen molar-refractivity contribution in [2.24, 2.45) is 0 Å². The molecule has 6 aromatic heterocycles. The van der Waals surface area contributed by atoms with Crippen molar-refractivity contribution in [2.75, 3.05) is 0 Å². The first-order valence-corrected chi connectivity index (χ1v) is 18.1. The molecule has 0 aliphatic rings. The van der Waals surface area contributed by atoms with Gasteiger partial charge in [0.15, 0.2) is 0 Å². The smallest absolute Gasteiger partial charge is 0.0656 e. The molecule has 0 atom stereocenters. The van der Waals surface area contributed by atoms with Gasteiger partial charge in [-0.1, -0.05) is 74.3 Å². The van der Waals surface area contributed by atoms with E-state index in [1.165, 1.54) is 23.1 Å². The van der Waals surface area contributed by atoms with Gasteiger partial charge in [0.1, 0.15) is 0 Å². The Kier molecular flexibility index (Phi) is 26.0. The van der Waals surface area contributed by atoms with E-state index < -0.39 is 0 Å². The maximum absolute atomic E-state index is 4.00. The average Bonchev–Trinajstić information content (AvgIpc) is 3.21. The van der Waals surface area contributed by atoms with E-state index in [0.29, 0.717) is 11.8 Å². The minimum absolute atomic E-state index is 0.485. The second-order valence-corrected chi connectivity index (χ2v) is 11.9. The quantitative estimate of drug-likeness (QED) is 0.150. The molecule has 0 unspecified atom stereocenters. The molecule has 0 spiro atoms. The molecule has 0 saturated heterocycles. The number of aryl methyl sites for hydroxylation is 4. The summed E-state index contributed by atoms with van der Waals surface area (Å²) >= 11 is 0. The summed E-state index contributed by atoms with van der Waals surface area (Å²) in [5.74, 6) is 1.04. The predicted molar refractivity (Wildman–Crippen MR) is 209 cm³/mol. The van der Waals surface area contributed by atoms with Crippen molar-refractivity contribution in [3.63, 3.8) is 0 Å². The average molecular weight is 704 g/mol. The van der Waals surface area contributed by atoms with Crippen molar-refractivity contribution in [3.8, 4) is 0 Å². The highest BCUT2D eigenvalue weighted by atomic mass is 15.1. The van der Waals surface area contributed by atoms with Gasteiger partial charge in [-0.15, -0.1) is 0 Å².